The van der Waals surface area contributed by atoms with Crippen LogP contribution in [0.2, 0.25) is 0 Å². The summed E-state index contributed by atoms with van der Waals surface area (Å²) in [7, 11) is 1.68. The maximum atomic E-state index is 5.87. The van der Waals surface area contributed by atoms with E-state index in [0.717, 1.165) is 24.6 Å². The third kappa shape index (κ3) is 5.78. The fourth-order valence-corrected chi connectivity index (χ4v) is 3.05. The molecule has 0 bridgehead atoms. The van der Waals surface area contributed by atoms with Crippen molar-refractivity contribution < 1.29 is 21.9 Å². The summed E-state index contributed by atoms with van der Waals surface area (Å²) in [5, 5.41) is 5.50. The number of hydrogen-bond acceptors (Lipinski definition) is 4. The fourth-order valence-electron chi connectivity index (χ4n) is 2.43. The van der Waals surface area contributed by atoms with Gasteiger partial charge >= 0.3 is 0 Å². The Labute approximate surface area is 159 Å². The molecule has 1 N–H and O–H groups in total. The summed E-state index contributed by atoms with van der Waals surface area (Å²) in [5.74, 6) is 1.54. The fraction of sp³-hybridized carbons (Fsp3) is 0.200. The molecule has 0 saturated heterocycles. The van der Waals surface area contributed by atoms with Gasteiger partial charge in [-0.3, -0.25) is 0 Å². The molecular formula is C20H21ClNO2S-. The normalized spacial score (nSPS) is 10.1. The van der Waals surface area contributed by atoms with Gasteiger partial charge in [-0.15, -0.1) is 11.3 Å². The SMILES string of the molecule is COc1cc(CNCc2ccccc2)ccc1OCc1cccs1.[Cl-]. The first-order valence-electron chi connectivity index (χ1n) is 7.92. The third-order valence-electron chi connectivity index (χ3n) is 3.68. The van der Waals surface area contributed by atoms with E-state index in [9.17, 15) is 0 Å². The van der Waals surface area contributed by atoms with Crippen LogP contribution in [0.4, 0.5) is 0 Å². The molecule has 132 valence electrons. The molecule has 0 unspecified atom stereocenters. The van der Waals surface area contributed by atoms with Crippen LogP contribution < -0.4 is 27.2 Å². The van der Waals surface area contributed by atoms with Crippen molar-refractivity contribution in [3.05, 3.63) is 82.0 Å². The first kappa shape index (κ1) is 19.3. The van der Waals surface area contributed by atoms with Crippen LogP contribution >= 0.6 is 11.3 Å². The molecule has 0 aliphatic rings. The van der Waals surface area contributed by atoms with Crippen LogP contribution in [0.5, 0.6) is 11.5 Å². The lowest BCUT2D eigenvalue weighted by Gasteiger charge is -2.12. The summed E-state index contributed by atoms with van der Waals surface area (Å²) in [6, 6.07) is 20.6. The Morgan fingerprint density at radius 3 is 2.40 bits per heavy atom. The van der Waals surface area contributed by atoms with E-state index in [-0.39, 0.29) is 12.4 Å². The van der Waals surface area contributed by atoms with Crippen LogP contribution in [0.3, 0.4) is 0 Å². The summed E-state index contributed by atoms with van der Waals surface area (Å²) in [6.07, 6.45) is 0. The molecule has 25 heavy (non-hydrogen) atoms. The first-order chi connectivity index (χ1) is 11.8. The van der Waals surface area contributed by atoms with Gasteiger partial charge in [0.05, 0.1) is 7.11 Å². The number of nitrogens with one attached hydrogen (secondary N) is 1. The molecule has 3 rings (SSSR count). The predicted octanol–water partition coefficient (Wildman–Crippen LogP) is 1.63. The van der Waals surface area contributed by atoms with Crippen molar-refractivity contribution in [3.63, 3.8) is 0 Å². The van der Waals surface area contributed by atoms with Crippen LogP contribution in [0, 0.1) is 0 Å². The molecular weight excluding hydrogens is 354 g/mol. The zero-order valence-electron chi connectivity index (χ0n) is 14.1. The molecule has 0 aliphatic heterocycles. The quantitative estimate of drug-likeness (QED) is 0.650. The molecule has 0 radical (unpaired) electrons. The van der Waals surface area contributed by atoms with Gasteiger partial charge in [-0.25, -0.2) is 0 Å². The van der Waals surface area contributed by atoms with Crippen molar-refractivity contribution in [2.45, 2.75) is 19.7 Å². The summed E-state index contributed by atoms with van der Waals surface area (Å²) in [5.41, 5.74) is 2.45. The van der Waals surface area contributed by atoms with Gasteiger partial charge in [0.25, 0.3) is 0 Å². The second kappa shape index (κ2) is 10.1. The highest BCUT2D eigenvalue weighted by atomic mass is 35.5. The van der Waals surface area contributed by atoms with E-state index >= 15 is 0 Å². The Hall–Kier alpha value is -2.01. The smallest absolute Gasteiger partial charge is 0.161 e. The second-order valence-corrected chi connectivity index (χ2v) is 6.47. The summed E-state index contributed by atoms with van der Waals surface area (Å²) in [4.78, 5) is 1.20. The molecule has 0 spiro atoms. The Morgan fingerprint density at radius 1 is 0.880 bits per heavy atom. The van der Waals surface area contributed by atoms with E-state index in [1.807, 2.05) is 24.3 Å². The van der Waals surface area contributed by atoms with Crippen LogP contribution in [0.15, 0.2) is 66.0 Å². The molecule has 1 aromatic heterocycles. The number of ether oxygens (including phenoxy) is 2. The Morgan fingerprint density at radius 2 is 1.68 bits per heavy atom. The number of hydrogen-bond donors (Lipinski definition) is 1. The minimum atomic E-state index is 0. The van der Waals surface area contributed by atoms with E-state index in [4.69, 9.17) is 9.47 Å². The molecule has 3 nitrogen and oxygen atoms in total. The molecule has 0 saturated carbocycles. The summed E-state index contributed by atoms with van der Waals surface area (Å²) in [6.45, 7) is 2.20. The van der Waals surface area contributed by atoms with Gasteiger partial charge < -0.3 is 27.2 Å². The Balaban J connectivity index is 0.00000225. The summed E-state index contributed by atoms with van der Waals surface area (Å²) < 4.78 is 11.3. The van der Waals surface area contributed by atoms with E-state index in [0.29, 0.717) is 6.61 Å². The van der Waals surface area contributed by atoms with Gasteiger partial charge in [0.15, 0.2) is 11.5 Å². The number of thiophene rings is 1. The topological polar surface area (TPSA) is 30.5 Å². The molecule has 2 aromatic carbocycles. The lowest BCUT2D eigenvalue weighted by atomic mass is 10.2. The van der Waals surface area contributed by atoms with Crippen LogP contribution in [-0.2, 0) is 19.7 Å². The highest BCUT2D eigenvalue weighted by Crippen LogP contribution is 2.29. The maximum Gasteiger partial charge on any atom is 0.161 e. The average molecular weight is 375 g/mol. The largest absolute Gasteiger partial charge is 1.00 e. The molecule has 0 fully saturated rings. The minimum absolute atomic E-state index is 0. The van der Waals surface area contributed by atoms with E-state index in [2.05, 4.69) is 47.1 Å². The van der Waals surface area contributed by atoms with Crippen molar-refractivity contribution in [1.29, 1.82) is 0 Å². The number of benzene rings is 2. The zero-order chi connectivity index (χ0) is 16.6. The second-order valence-electron chi connectivity index (χ2n) is 5.44. The van der Waals surface area contributed by atoms with Gasteiger partial charge in [0.2, 0.25) is 0 Å². The number of rotatable bonds is 8. The van der Waals surface area contributed by atoms with Crippen LogP contribution in [-0.4, -0.2) is 7.11 Å². The van der Waals surface area contributed by atoms with Crippen molar-refractivity contribution in [2.24, 2.45) is 0 Å². The number of halogens is 1. The third-order valence-corrected chi connectivity index (χ3v) is 4.53. The number of methoxy groups -OCH3 is 1. The molecule has 0 atom stereocenters. The van der Waals surface area contributed by atoms with Crippen LogP contribution in [0.25, 0.3) is 0 Å². The molecule has 5 heteroatoms. The standard InChI is InChI=1S/C20H21NO2S.ClH/c1-22-20-12-17(14-21-13-16-6-3-2-4-7-16)9-10-19(20)23-15-18-8-5-11-24-18;/h2-12,21H,13-15H2,1H3;1H/p-1. The van der Waals surface area contributed by atoms with E-state index in [1.54, 1.807) is 18.4 Å². The lowest BCUT2D eigenvalue weighted by Crippen LogP contribution is -3.00. The molecule has 3 aromatic rings. The monoisotopic (exact) mass is 374 g/mol. The van der Waals surface area contributed by atoms with Crippen molar-refractivity contribution in [1.82, 2.24) is 5.32 Å². The molecule has 0 amide bonds. The summed E-state index contributed by atoms with van der Waals surface area (Å²) >= 11 is 1.69. The van der Waals surface area contributed by atoms with Gasteiger partial charge in [-0.2, -0.15) is 0 Å². The van der Waals surface area contributed by atoms with Crippen molar-refractivity contribution >= 4 is 11.3 Å². The zero-order valence-corrected chi connectivity index (χ0v) is 15.6. The van der Waals surface area contributed by atoms with Gasteiger partial charge in [0.1, 0.15) is 6.61 Å². The van der Waals surface area contributed by atoms with Gasteiger partial charge in [-0.05, 0) is 34.7 Å². The average Bonchev–Trinajstić information content (AvgIpc) is 3.15. The highest BCUT2D eigenvalue weighted by molar-refractivity contribution is 7.09. The molecule has 1 heterocycles. The Kier molecular flexibility index (Phi) is 7.79. The Bertz CT molecular complexity index is 748. The first-order valence-corrected chi connectivity index (χ1v) is 8.80. The van der Waals surface area contributed by atoms with Crippen molar-refractivity contribution in [2.75, 3.05) is 7.11 Å². The van der Waals surface area contributed by atoms with E-state index in [1.165, 1.54) is 16.0 Å². The van der Waals surface area contributed by atoms with Crippen molar-refractivity contribution in [3.8, 4) is 11.5 Å². The molecule has 0 aliphatic carbocycles. The van der Waals surface area contributed by atoms with Crippen LogP contribution in [0.1, 0.15) is 16.0 Å². The van der Waals surface area contributed by atoms with Gasteiger partial charge in [0, 0.05) is 18.0 Å². The van der Waals surface area contributed by atoms with Gasteiger partial charge in [-0.1, -0.05) is 42.5 Å². The highest BCUT2D eigenvalue weighted by Gasteiger charge is 2.06. The van der Waals surface area contributed by atoms with E-state index < -0.39 is 0 Å². The minimum Gasteiger partial charge on any atom is -1.00 e. The maximum absolute atomic E-state index is 5.87. The lowest BCUT2D eigenvalue weighted by molar-refractivity contribution is -0.00000536. The predicted molar refractivity (Wildman–Crippen MR) is 98.6 cm³/mol.